The van der Waals surface area contributed by atoms with Gasteiger partial charge in [0.25, 0.3) is 0 Å². The number of aromatic nitrogens is 2. The van der Waals surface area contributed by atoms with Crippen molar-refractivity contribution in [2.24, 2.45) is 5.73 Å². The Morgan fingerprint density at radius 2 is 2.22 bits per heavy atom. The highest BCUT2D eigenvalue weighted by molar-refractivity contribution is 7.98. The van der Waals surface area contributed by atoms with Gasteiger partial charge in [0.15, 0.2) is 0 Å². The highest BCUT2D eigenvalue weighted by atomic mass is 32.2. The zero-order valence-electron chi connectivity index (χ0n) is 11.6. The first-order chi connectivity index (χ1) is 8.57. The van der Waals surface area contributed by atoms with E-state index in [0.29, 0.717) is 18.3 Å². The second-order valence-corrected chi connectivity index (χ2v) is 5.35. The molecule has 0 saturated heterocycles. The highest BCUT2D eigenvalue weighted by Gasteiger charge is 2.31. The van der Waals surface area contributed by atoms with Crippen LogP contribution in [0.15, 0.2) is 4.52 Å². The molecular weight excluding hydrogens is 250 g/mol. The Bertz CT molecular complexity index is 359. The molecule has 0 aliphatic heterocycles. The van der Waals surface area contributed by atoms with Gasteiger partial charge in [0.1, 0.15) is 5.60 Å². The average Bonchev–Trinajstić information content (AvgIpc) is 2.86. The van der Waals surface area contributed by atoms with Crippen LogP contribution in [-0.2, 0) is 10.3 Å². The fraction of sp³-hybridized carbons (Fsp3) is 0.833. The van der Waals surface area contributed by atoms with Gasteiger partial charge in [-0.25, -0.2) is 0 Å². The Morgan fingerprint density at radius 3 is 2.78 bits per heavy atom. The molecule has 2 N–H and O–H groups in total. The first kappa shape index (κ1) is 15.5. The Labute approximate surface area is 113 Å². The molecule has 0 bridgehead atoms. The minimum absolute atomic E-state index is 0.193. The van der Waals surface area contributed by atoms with Gasteiger partial charge in [0, 0.05) is 6.61 Å². The van der Waals surface area contributed by atoms with Crippen molar-refractivity contribution in [3.63, 3.8) is 0 Å². The summed E-state index contributed by atoms with van der Waals surface area (Å²) in [4.78, 5) is 4.39. The van der Waals surface area contributed by atoms with Crippen molar-refractivity contribution in [3.8, 4) is 0 Å². The summed E-state index contributed by atoms with van der Waals surface area (Å²) in [6, 6.07) is -0.193. The zero-order valence-corrected chi connectivity index (χ0v) is 12.4. The van der Waals surface area contributed by atoms with Gasteiger partial charge < -0.3 is 15.0 Å². The Balaban J connectivity index is 2.78. The second-order valence-electron chi connectivity index (χ2n) is 4.36. The topological polar surface area (TPSA) is 74.2 Å². The summed E-state index contributed by atoms with van der Waals surface area (Å²) in [5.74, 6) is 2.06. The van der Waals surface area contributed by atoms with Gasteiger partial charge in [-0.1, -0.05) is 12.1 Å². The van der Waals surface area contributed by atoms with Crippen LogP contribution in [0.5, 0.6) is 0 Å². The molecular formula is C12H23N3O2S. The molecule has 1 aromatic heterocycles. The van der Waals surface area contributed by atoms with Crippen LogP contribution in [0.2, 0.25) is 0 Å². The van der Waals surface area contributed by atoms with Crippen LogP contribution in [0.4, 0.5) is 0 Å². The normalized spacial score (nSPS) is 16.5. The molecule has 0 radical (unpaired) electrons. The highest BCUT2D eigenvalue weighted by Crippen LogP contribution is 2.27. The van der Waals surface area contributed by atoms with Crippen molar-refractivity contribution < 1.29 is 9.26 Å². The second kappa shape index (κ2) is 7.11. The number of rotatable bonds is 8. The molecule has 0 aromatic carbocycles. The van der Waals surface area contributed by atoms with E-state index >= 15 is 0 Å². The summed E-state index contributed by atoms with van der Waals surface area (Å²) in [6.45, 7) is 6.59. The van der Waals surface area contributed by atoms with Crippen molar-refractivity contribution >= 4 is 11.8 Å². The quantitative estimate of drug-likeness (QED) is 0.784. The average molecular weight is 273 g/mol. The first-order valence-corrected chi connectivity index (χ1v) is 7.69. The molecule has 1 heterocycles. The number of nitrogens with two attached hydrogens (primary N) is 1. The fourth-order valence-electron chi connectivity index (χ4n) is 1.61. The fourth-order valence-corrected chi connectivity index (χ4v) is 2.10. The van der Waals surface area contributed by atoms with Gasteiger partial charge in [0.05, 0.1) is 6.04 Å². The smallest absolute Gasteiger partial charge is 0.243 e. The molecule has 0 aliphatic carbocycles. The lowest BCUT2D eigenvalue weighted by atomic mass is 10.0. The third kappa shape index (κ3) is 3.70. The van der Waals surface area contributed by atoms with Crippen molar-refractivity contribution in [1.82, 2.24) is 10.1 Å². The van der Waals surface area contributed by atoms with Crippen LogP contribution in [-0.4, -0.2) is 28.8 Å². The first-order valence-electron chi connectivity index (χ1n) is 6.30. The third-order valence-electron chi connectivity index (χ3n) is 3.00. The van der Waals surface area contributed by atoms with Crippen LogP contribution >= 0.6 is 11.8 Å². The molecule has 1 aromatic rings. The van der Waals surface area contributed by atoms with Gasteiger partial charge >= 0.3 is 0 Å². The molecule has 2 unspecified atom stereocenters. The number of hydrogen-bond acceptors (Lipinski definition) is 6. The van der Waals surface area contributed by atoms with Crippen molar-refractivity contribution in [2.45, 2.75) is 45.3 Å². The maximum atomic E-state index is 6.00. The van der Waals surface area contributed by atoms with Crippen molar-refractivity contribution in [2.75, 3.05) is 18.6 Å². The standard InChI is InChI=1S/C12H23N3O2S/c1-5-12(3,16-6-2)11-14-10(17-15-11)9(13)7-8-18-4/h9H,5-8,13H2,1-4H3. The summed E-state index contributed by atoms with van der Waals surface area (Å²) < 4.78 is 11.0. The van der Waals surface area contributed by atoms with E-state index in [2.05, 4.69) is 16.4 Å². The van der Waals surface area contributed by atoms with Crippen molar-refractivity contribution in [3.05, 3.63) is 11.7 Å². The summed E-state index contributed by atoms with van der Waals surface area (Å²) >= 11 is 1.76. The predicted octanol–water partition coefficient (Wildman–Crippen LogP) is 2.48. The van der Waals surface area contributed by atoms with Crippen LogP contribution in [0, 0.1) is 0 Å². The maximum absolute atomic E-state index is 6.00. The molecule has 0 fully saturated rings. The Morgan fingerprint density at radius 1 is 1.50 bits per heavy atom. The van der Waals surface area contributed by atoms with E-state index in [9.17, 15) is 0 Å². The number of thioether (sulfide) groups is 1. The predicted molar refractivity (Wildman–Crippen MR) is 73.5 cm³/mol. The molecule has 6 heteroatoms. The minimum Gasteiger partial charge on any atom is -0.367 e. The van der Waals surface area contributed by atoms with Gasteiger partial charge in [-0.3, -0.25) is 0 Å². The summed E-state index contributed by atoms with van der Waals surface area (Å²) in [5.41, 5.74) is 5.51. The van der Waals surface area contributed by atoms with Gasteiger partial charge in [0.2, 0.25) is 11.7 Å². The summed E-state index contributed by atoms with van der Waals surface area (Å²) in [7, 11) is 0. The third-order valence-corrected chi connectivity index (χ3v) is 3.65. The SMILES string of the molecule is CCOC(C)(CC)c1noc(C(N)CCSC)n1. The molecule has 1 rings (SSSR count). The van der Waals surface area contributed by atoms with Gasteiger partial charge in [-0.05, 0) is 38.7 Å². The zero-order chi connectivity index (χ0) is 13.6. The van der Waals surface area contributed by atoms with Crippen molar-refractivity contribution in [1.29, 1.82) is 0 Å². The van der Waals surface area contributed by atoms with Crippen LogP contribution < -0.4 is 5.73 Å². The number of hydrogen-bond donors (Lipinski definition) is 1. The van der Waals surface area contributed by atoms with Crippen LogP contribution in [0.3, 0.4) is 0 Å². The lowest BCUT2D eigenvalue weighted by molar-refractivity contribution is -0.0403. The molecule has 5 nitrogen and oxygen atoms in total. The largest absolute Gasteiger partial charge is 0.367 e. The van der Waals surface area contributed by atoms with Gasteiger partial charge in [-0.15, -0.1) is 0 Å². The van der Waals surface area contributed by atoms with E-state index in [1.165, 1.54) is 0 Å². The monoisotopic (exact) mass is 273 g/mol. The van der Waals surface area contributed by atoms with E-state index < -0.39 is 5.60 Å². The Kier molecular flexibility index (Phi) is 6.11. The van der Waals surface area contributed by atoms with E-state index in [0.717, 1.165) is 18.6 Å². The van der Waals surface area contributed by atoms with E-state index in [1.54, 1.807) is 11.8 Å². The van der Waals surface area contributed by atoms with Crippen LogP contribution in [0.1, 0.15) is 51.4 Å². The van der Waals surface area contributed by atoms with Crippen LogP contribution in [0.25, 0.3) is 0 Å². The van der Waals surface area contributed by atoms with E-state index in [1.807, 2.05) is 20.8 Å². The summed E-state index contributed by atoms with van der Waals surface area (Å²) in [5, 5.41) is 4.01. The molecule has 2 atom stereocenters. The van der Waals surface area contributed by atoms with E-state index in [-0.39, 0.29) is 6.04 Å². The minimum atomic E-state index is -0.490. The lowest BCUT2D eigenvalue weighted by Crippen LogP contribution is -2.26. The molecule has 0 saturated carbocycles. The van der Waals surface area contributed by atoms with E-state index in [4.69, 9.17) is 15.0 Å². The maximum Gasteiger partial charge on any atom is 0.243 e. The molecule has 18 heavy (non-hydrogen) atoms. The lowest BCUT2D eigenvalue weighted by Gasteiger charge is -2.23. The molecule has 0 spiro atoms. The number of nitrogens with zero attached hydrogens (tertiary/aromatic N) is 2. The summed E-state index contributed by atoms with van der Waals surface area (Å²) in [6.07, 6.45) is 3.68. The molecule has 104 valence electrons. The molecule has 0 aliphatic rings. The number of ether oxygens (including phenoxy) is 1. The van der Waals surface area contributed by atoms with Gasteiger partial charge in [-0.2, -0.15) is 16.7 Å². The molecule has 0 amide bonds. The Hall–Kier alpha value is -0.590.